The van der Waals surface area contributed by atoms with Crippen molar-refractivity contribution in [3.05, 3.63) is 71.0 Å². The lowest BCUT2D eigenvalue weighted by atomic mass is 10.3. The van der Waals surface area contributed by atoms with Crippen molar-refractivity contribution in [3.63, 3.8) is 0 Å². The molecule has 0 aliphatic carbocycles. The maximum absolute atomic E-state index is 12.6. The van der Waals surface area contributed by atoms with Gasteiger partial charge in [0.15, 0.2) is 11.7 Å². The minimum Gasteiger partial charge on any atom is -0.484 e. The van der Waals surface area contributed by atoms with Crippen LogP contribution < -0.4 is 20.1 Å². The van der Waals surface area contributed by atoms with Crippen molar-refractivity contribution >= 4 is 56.5 Å². The Morgan fingerprint density at radius 3 is 2.24 bits per heavy atom. The van der Waals surface area contributed by atoms with E-state index >= 15 is 0 Å². The van der Waals surface area contributed by atoms with Gasteiger partial charge in [-0.2, -0.15) is 0 Å². The third-order valence-electron chi connectivity index (χ3n) is 4.07. The second-order valence-electron chi connectivity index (χ2n) is 6.85. The smallest absolute Gasteiger partial charge is 0.264 e. The number of hydrogen-bond donors (Lipinski definition) is 3. The van der Waals surface area contributed by atoms with Crippen LogP contribution in [0.15, 0.2) is 59.5 Å². The number of hydrogen-bond acceptors (Lipinski definition) is 7. The first-order valence-electron chi connectivity index (χ1n) is 9.55. The zero-order valence-corrected chi connectivity index (χ0v) is 20.0. The molecule has 0 aliphatic heterocycles. The Balaban J connectivity index is 1.54. The lowest BCUT2D eigenvalue weighted by Crippen LogP contribution is -2.37. The van der Waals surface area contributed by atoms with E-state index in [-0.39, 0.29) is 22.6 Å². The van der Waals surface area contributed by atoms with Crippen molar-refractivity contribution in [2.45, 2.75) is 18.7 Å². The van der Waals surface area contributed by atoms with Crippen molar-refractivity contribution in [1.82, 2.24) is 15.3 Å². The normalized spacial score (nSPS) is 10.9. The molecule has 1 aromatic heterocycles. The molecule has 3 aromatic rings. The molecule has 1 heterocycles. The SMILES string of the molecule is Cc1cc(C)nc(NS(=O)(=O)c2ccc(NC(=S)NC(=O)COc3ccc(Cl)cc3)cc2)n1. The molecule has 0 radical (unpaired) electrons. The van der Waals surface area contributed by atoms with Gasteiger partial charge < -0.3 is 10.1 Å². The van der Waals surface area contributed by atoms with Crippen molar-refractivity contribution in [3.8, 4) is 5.75 Å². The number of aryl methyl sites for hydroxylation is 2. The van der Waals surface area contributed by atoms with Crippen LogP contribution in [-0.2, 0) is 14.8 Å². The van der Waals surface area contributed by atoms with Gasteiger partial charge in [-0.1, -0.05) is 11.6 Å². The van der Waals surface area contributed by atoms with Crippen LogP contribution in [0.5, 0.6) is 5.75 Å². The molecule has 0 saturated carbocycles. The summed E-state index contributed by atoms with van der Waals surface area (Å²) in [6, 6.07) is 14.1. The van der Waals surface area contributed by atoms with E-state index in [2.05, 4.69) is 25.3 Å². The number of carbonyl (C=O) groups is 1. The van der Waals surface area contributed by atoms with Crippen molar-refractivity contribution in [2.75, 3.05) is 16.6 Å². The van der Waals surface area contributed by atoms with Gasteiger partial charge in [-0.05, 0) is 80.7 Å². The highest BCUT2D eigenvalue weighted by Gasteiger charge is 2.16. The van der Waals surface area contributed by atoms with E-state index in [0.29, 0.717) is 27.8 Å². The van der Waals surface area contributed by atoms with Gasteiger partial charge >= 0.3 is 0 Å². The standard InChI is InChI=1S/C21H20ClN5O4S2/c1-13-11-14(2)24-20(23-13)27-33(29,30)18-9-5-16(6-10-18)25-21(32)26-19(28)12-31-17-7-3-15(22)4-8-17/h3-11H,12H2,1-2H3,(H,23,24,27)(H2,25,26,28,32). The molecule has 1 amide bonds. The fourth-order valence-corrected chi connectivity index (χ4v) is 3.97. The fourth-order valence-electron chi connectivity index (χ4n) is 2.67. The zero-order chi connectivity index (χ0) is 24.0. The number of nitrogens with zero attached hydrogens (tertiary/aromatic N) is 2. The van der Waals surface area contributed by atoms with Gasteiger partial charge in [0.25, 0.3) is 15.9 Å². The molecule has 0 bridgehead atoms. The maximum Gasteiger partial charge on any atom is 0.264 e. The summed E-state index contributed by atoms with van der Waals surface area (Å²) in [4.78, 5) is 20.2. The van der Waals surface area contributed by atoms with E-state index in [1.807, 2.05) is 0 Å². The molecule has 3 N–H and O–H groups in total. The molecular formula is C21H20ClN5O4S2. The van der Waals surface area contributed by atoms with Crippen LogP contribution in [-0.4, -0.2) is 36.0 Å². The zero-order valence-electron chi connectivity index (χ0n) is 17.6. The molecule has 2 aromatic carbocycles. The largest absolute Gasteiger partial charge is 0.484 e. The van der Waals surface area contributed by atoms with E-state index in [4.69, 9.17) is 28.6 Å². The number of anilines is 2. The number of benzene rings is 2. The molecule has 172 valence electrons. The maximum atomic E-state index is 12.6. The summed E-state index contributed by atoms with van der Waals surface area (Å²) in [6.45, 7) is 3.25. The Hall–Kier alpha value is -3.28. The summed E-state index contributed by atoms with van der Waals surface area (Å²) < 4.78 is 32.9. The van der Waals surface area contributed by atoms with E-state index in [1.54, 1.807) is 44.2 Å². The van der Waals surface area contributed by atoms with Crippen LogP contribution in [0.4, 0.5) is 11.6 Å². The van der Waals surface area contributed by atoms with Gasteiger partial charge in [0.1, 0.15) is 5.75 Å². The Kier molecular flexibility index (Phi) is 7.79. The highest BCUT2D eigenvalue weighted by molar-refractivity contribution is 7.92. The third-order valence-corrected chi connectivity index (χ3v) is 5.87. The summed E-state index contributed by atoms with van der Waals surface area (Å²) in [7, 11) is -3.88. The summed E-state index contributed by atoms with van der Waals surface area (Å²) in [5.74, 6) is 0.0313. The Morgan fingerprint density at radius 1 is 1.03 bits per heavy atom. The Morgan fingerprint density at radius 2 is 1.64 bits per heavy atom. The Labute approximate surface area is 201 Å². The van der Waals surface area contributed by atoms with Crippen molar-refractivity contribution in [1.29, 1.82) is 0 Å². The predicted octanol–water partition coefficient (Wildman–Crippen LogP) is 3.44. The predicted molar refractivity (Wildman–Crippen MR) is 130 cm³/mol. The molecule has 0 fully saturated rings. The number of carbonyl (C=O) groups excluding carboxylic acids is 1. The lowest BCUT2D eigenvalue weighted by Gasteiger charge is -2.11. The quantitative estimate of drug-likeness (QED) is 0.417. The number of ether oxygens (including phenoxy) is 1. The number of aromatic nitrogens is 2. The molecule has 3 rings (SSSR count). The summed E-state index contributed by atoms with van der Waals surface area (Å²) >= 11 is 10.9. The van der Waals surface area contributed by atoms with E-state index in [1.165, 1.54) is 24.3 Å². The lowest BCUT2D eigenvalue weighted by molar-refractivity contribution is -0.121. The van der Waals surface area contributed by atoms with Crippen LogP contribution in [0, 0.1) is 13.8 Å². The minimum absolute atomic E-state index is 0.000545. The van der Waals surface area contributed by atoms with Gasteiger partial charge in [0.2, 0.25) is 5.95 Å². The van der Waals surface area contributed by atoms with Crippen LogP contribution in [0.3, 0.4) is 0 Å². The molecule has 0 aliphatic rings. The Bertz CT molecular complexity index is 1250. The fraction of sp³-hybridized carbons (Fsp3) is 0.143. The highest BCUT2D eigenvalue weighted by atomic mass is 35.5. The number of nitrogens with one attached hydrogen (secondary N) is 3. The van der Waals surface area contributed by atoms with Gasteiger partial charge in [0.05, 0.1) is 4.90 Å². The first kappa shape index (κ1) is 24.4. The third kappa shape index (κ3) is 7.38. The second kappa shape index (κ2) is 10.6. The molecule has 0 spiro atoms. The topological polar surface area (TPSA) is 122 Å². The molecule has 0 saturated heterocycles. The number of thiocarbonyl (C=S) groups is 1. The first-order chi connectivity index (χ1) is 15.6. The molecule has 0 unspecified atom stereocenters. The number of amides is 1. The van der Waals surface area contributed by atoms with Crippen molar-refractivity contribution in [2.24, 2.45) is 0 Å². The van der Waals surface area contributed by atoms with E-state index in [9.17, 15) is 13.2 Å². The monoisotopic (exact) mass is 505 g/mol. The average Bonchev–Trinajstić information content (AvgIpc) is 2.72. The first-order valence-corrected chi connectivity index (χ1v) is 11.8. The van der Waals surface area contributed by atoms with E-state index < -0.39 is 15.9 Å². The highest BCUT2D eigenvalue weighted by Crippen LogP contribution is 2.17. The molecule has 12 heteroatoms. The van der Waals surface area contributed by atoms with E-state index in [0.717, 1.165) is 0 Å². The number of sulfonamides is 1. The molecule has 0 atom stereocenters. The summed E-state index contributed by atoms with van der Waals surface area (Å²) in [5, 5.41) is 5.89. The summed E-state index contributed by atoms with van der Waals surface area (Å²) in [6.07, 6.45) is 0. The molecular weight excluding hydrogens is 486 g/mol. The van der Waals surface area contributed by atoms with Gasteiger partial charge in [-0.15, -0.1) is 0 Å². The van der Waals surface area contributed by atoms with Gasteiger partial charge in [0, 0.05) is 22.1 Å². The van der Waals surface area contributed by atoms with Crippen LogP contribution in [0.25, 0.3) is 0 Å². The van der Waals surface area contributed by atoms with Crippen LogP contribution >= 0.6 is 23.8 Å². The van der Waals surface area contributed by atoms with Crippen LogP contribution in [0.1, 0.15) is 11.4 Å². The average molecular weight is 506 g/mol. The van der Waals surface area contributed by atoms with Gasteiger partial charge in [-0.3, -0.25) is 10.1 Å². The van der Waals surface area contributed by atoms with Gasteiger partial charge in [-0.25, -0.2) is 23.1 Å². The van der Waals surface area contributed by atoms with Crippen LogP contribution in [0.2, 0.25) is 5.02 Å². The number of rotatable bonds is 7. The molecule has 9 nitrogen and oxygen atoms in total. The second-order valence-corrected chi connectivity index (χ2v) is 9.38. The molecule has 33 heavy (non-hydrogen) atoms. The van der Waals surface area contributed by atoms with Crippen molar-refractivity contribution < 1.29 is 17.9 Å². The number of halogens is 1. The summed E-state index contributed by atoms with van der Waals surface area (Å²) in [5.41, 5.74) is 1.78. The minimum atomic E-state index is -3.88.